The zero-order valence-electron chi connectivity index (χ0n) is 14.4. The number of thiophene rings is 1. The Morgan fingerprint density at radius 2 is 2.12 bits per heavy atom. The van der Waals surface area contributed by atoms with Crippen LogP contribution in [0.25, 0.3) is 0 Å². The molecule has 0 amide bonds. The minimum atomic E-state index is 0.257. The first-order valence-corrected chi connectivity index (χ1v) is 8.93. The molecule has 1 heterocycles. The van der Waals surface area contributed by atoms with E-state index in [9.17, 15) is 5.11 Å². The van der Waals surface area contributed by atoms with Gasteiger partial charge in [-0.15, -0.1) is 11.3 Å². The molecule has 0 atom stereocenters. The Bertz CT molecular complexity index is 683. The van der Waals surface area contributed by atoms with Crippen LogP contribution in [-0.4, -0.2) is 31.3 Å². The number of nitrogens with one attached hydrogen (secondary N) is 2. The molecule has 0 unspecified atom stereocenters. The monoisotopic (exact) mass is 347 g/mol. The van der Waals surface area contributed by atoms with Crippen LogP contribution in [0.1, 0.15) is 22.9 Å². The van der Waals surface area contributed by atoms with Crippen LogP contribution in [0.4, 0.5) is 0 Å². The molecule has 6 heteroatoms. The van der Waals surface area contributed by atoms with Crippen LogP contribution in [0.15, 0.2) is 34.6 Å². The summed E-state index contributed by atoms with van der Waals surface area (Å²) in [6.07, 6.45) is 0.707. The minimum Gasteiger partial charge on any atom is -0.508 e. The fourth-order valence-electron chi connectivity index (χ4n) is 2.26. The first-order chi connectivity index (χ1) is 11.6. The predicted octanol–water partition coefficient (Wildman–Crippen LogP) is 3.07. The third-order valence-corrected chi connectivity index (χ3v) is 4.68. The van der Waals surface area contributed by atoms with E-state index in [0.29, 0.717) is 25.3 Å². The molecule has 0 aliphatic heterocycles. The van der Waals surface area contributed by atoms with E-state index in [1.165, 1.54) is 10.4 Å². The summed E-state index contributed by atoms with van der Waals surface area (Å²) >= 11 is 1.73. The van der Waals surface area contributed by atoms with E-state index in [-0.39, 0.29) is 5.75 Å². The average molecular weight is 347 g/mol. The third-order valence-electron chi connectivity index (χ3n) is 3.67. The Hall–Kier alpha value is -2.21. The lowest BCUT2D eigenvalue weighted by atomic mass is 10.1. The number of phenolic OH excluding ortho intramolecular Hbond substituents is 1. The second-order valence-corrected chi connectivity index (χ2v) is 6.39. The summed E-state index contributed by atoms with van der Waals surface area (Å²) in [7, 11) is 1.59. The number of phenols is 1. The summed E-state index contributed by atoms with van der Waals surface area (Å²) in [5, 5.41) is 18.6. The molecule has 0 radical (unpaired) electrons. The van der Waals surface area contributed by atoms with E-state index >= 15 is 0 Å². The van der Waals surface area contributed by atoms with E-state index < -0.39 is 0 Å². The van der Waals surface area contributed by atoms with Crippen molar-refractivity contribution in [2.45, 2.75) is 26.8 Å². The number of nitrogens with zero attached hydrogens (tertiary/aromatic N) is 1. The van der Waals surface area contributed by atoms with Crippen molar-refractivity contribution in [2.75, 3.05) is 20.2 Å². The number of hydrogen-bond donors (Lipinski definition) is 3. The van der Waals surface area contributed by atoms with Gasteiger partial charge in [-0.1, -0.05) is 6.07 Å². The number of aryl methyl sites for hydroxylation is 1. The maximum atomic E-state index is 10.00. The van der Waals surface area contributed by atoms with Crippen molar-refractivity contribution in [1.29, 1.82) is 0 Å². The highest BCUT2D eigenvalue weighted by molar-refractivity contribution is 7.10. The van der Waals surface area contributed by atoms with Crippen LogP contribution in [0, 0.1) is 6.92 Å². The molecule has 1 aromatic carbocycles. The number of methoxy groups -OCH3 is 1. The van der Waals surface area contributed by atoms with Gasteiger partial charge in [-0.2, -0.15) is 0 Å². The molecule has 3 N–H and O–H groups in total. The molecule has 0 bridgehead atoms. The summed E-state index contributed by atoms with van der Waals surface area (Å²) in [6.45, 7) is 6.32. The lowest BCUT2D eigenvalue weighted by Crippen LogP contribution is -2.38. The van der Waals surface area contributed by atoms with Crippen LogP contribution < -0.4 is 15.4 Å². The van der Waals surface area contributed by atoms with Crippen molar-refractivity contribution in [2.24, 2.45) is 4.99 Å². The number of aliphatic imine (C=N–C) groups is 1. The molecule has 1 aromatic heterocycles. The Labute approximate surface area is 147 Å². The van der Waals surface area contributed by atoms with Crippen LogP contribution in [0.5, 0.6) is 11.5 Å². The Kier molecular flexibility index (Phi) is 6.93. The zero-order chi connectivity index (χ0) is 17.4. The van der Waals surface area contributed by atoms with Gasteiger partial charge in [0.1, 0.15) is 11.5 Å². The first-order valence-electron chi connectivity index (χ1n) is 8.05. The van der Waals surface area contributed by atoms with Crippen molar-refractivity contribution in [3.05, 3.63) is 45.6 Å². The number of benzene rings is 1. The predicted molar refractivity (Wildman–Crippen MR) is 100 cm³/mol. The van der Waals surface area contributed by atoms with E-state index in [4.69, 9.17) is 4.74 Å². The molecule has 0 spiro atoms. The van der Waals surface area contributed by atoms with Crippen LogP contribution in [0.3, 0.4) is 0 Å². The van der Waals surface area contributed by atoms with Crippen molar-refractivity contribution in [3.8, 4) is 11.5 Å². The highest BCUT2D eigenvalue weighted by atomic mass is 32.1. The molecule has 0 fully saturated rings. The fourth-order valence-corrected chi connectivity index (χ4v) is 3.09. The average Bonchev–Trinajstić information content (AvgIpc) is 2.99. The van der Waals surface area contributed by atoms with Gasteiger partial charge in [0.05, 0.1) is 13.7 Å². The smallest absolute Gasteiger partial charge is 0.191 e. The number of rotatable bonds is 7. The Balaban J connectivity index is 1.90. The summed E-state index contributed by atoms with van der Waals surface area (Å²) < 4.78 is 5.10. The molecule has 5 nitrogen and oxygen atoms in total. The molecule has 24 heavy (non-hydrogen) atoms. The van der Waals surface area contributed by atoms with Crippen molar-refractivity contribution in [1.82, 2.24) is 10.6 Å². The van der Waals surface area contributed by atoms with Gasteiger partial charge >= 0.3 is 0 Å². The molecule has 0 saturated heterocycles. The molecule has 130 valence electrons. The van der Waals surface area contributed by atoms with Crippen molar-refractivity contribution < 1.29 is 9.84 Å². The normalized spacial score (nSPS) is 11.4. The fraction of sp³-hybridized carbons (Fsp3) is 0.389. The van der Waals surface area contributed by atoms with Gasteiger partial charge < -0.3 is 20.5 Å². The minimum absolute atomic E-state index is 0.257. The second kappa shape index (κ2) is 9.17. The Morgan fingerprint density at radius 3 is 2.75 bits per heavy atom. The van der Waals surface area contributed by atoms with E-state index in [2.05, 4.69) is 34.0 Å². The van der Waals surface area contributed by atoms with Gasteiger partial charge in [0.15, 0.2) is 5.96 Å². The maximum Gasteiger partial charge on any atom is 0.191 e. The molecule has 2 rings (SSSR count). The third kappa shape index (κ3) is 5.16. The van der Waals surface area contributed by atoms with Crippen LogP contribution >= 0.6 is 11.3 Å². The molecule has 2 aromatic rings. The van der Waals surface area contributed by atoms with Gasteiger partial charge in [-0.25, -0.2) is 4.99 Å². The summed E-state index contributed by atoms with van der Waals surface area (Å²) in [6, 6.07) is 7.49. The lowest BCUT2D eigenvalue weighted by Gasteiger charge is -2.12. The highest BCUT2D eigenvalue weighted by Crippen LogP contribution is 2.23. The number of aromatic hydroxyl groups is 1. The lowest BCUT2D eigenvalue weighted by molar-refractivity contribution is 0.406. The summed E-state index contributed by atoms with van der Waals surface area (Å²) in [5.41, 5.74) is 2.16. The van der Waals surface area contributed by atoms with Gasteiger partial charge in [0.2, 0.25) is 0 Å². The molecular formula is C18H25N3O2S. The zero-order valence-corrected chi connectivity index (χ0v) is 15.2. The topological polar surface area (TPSA) is 65.9 Å². The van der Waals surface area contributed by atoms with E-state index in [1.807, 2.05) is 19.1 Å². The standard InChI is InChI=1S/C18H25N3O2S/c1-4-19-18(21-12-17-13(2)8-10-24-17)20-9-7-14-5-6-15(23-3)11-16(14)22/h5-6,8,10-11,22H,4,7,9,12H2,1-3H3,(H2,19,20,21). The van der Waals surface area contributed by atoms with E-state index in [1.54, 1.807) is 24.5 Å². The molecule has 0 saturated carbocycles. The van der Waals surface area contributed by atoms with Gasteiger partial charge in [-0.3, -0.25) is 0 Å². The van der Waals surface area contributed by atoms with Gasteiger partial charge in [0.25, 0.3) is 0 Å². The van der Waals surface area contributed by atoms with Crippen LogP contribution in [-0.2, 0) is 13.0 Å². The molecule has 0 aliphatic carbocycles. The summed E-state index contributed by atoms with van der Waals surface area (Å²) in [4.78, 5) is 5.90. The quantitative estimate of drug-likeness (QED) is 0.532. The maximum absolute atomic E-state index is 10.00. The van der Waals surface area contributed by atoms with Gasteiger partial charge in [0, 0.05) is 24.0 Å². The van der Waals surface area contributed by atoms with E-state index in [0.717, 1.165) is 18.1 Å². The second-order valence-electron chi connectivity index (χ2n) is 5.39. The van der Waals surface area contributed by atoms with Crippen molar-refractivity contribution >= 4 is 17.3 Å². The highest BCUT2D eigenvalue weighted by Gasteiger charge is 2.05. The molecule has 0 aliphatic rings. The SMILES string of the molecule is CCNC(=NCc1sccc1C)NCCc1ccc(OC)cc1O. The summed E-state index contributed by atoms with van der Waals surface area (Å²) in [5.74, 6) is 1.70. The van der Waals surface area contributed by atoms with Crippen molar-refractivity contribution in [3.63, 3.8) is 0 Å². The Morgan fingerprint density at radius 1 is 1.29 bits per heavy atom. The first kappa shape index (κ1) is 18.1. The van der Waals surface area contributed by atoms with Crippen LogP contribution in [0.2, 0.25) is 0 Å². The number of hydrogen-bond acceptors (Lipinski definition) is 4. The van der Waals surface area contributed by atoms with Gasteiger partial charge in [-0.05, 0) is 48.9 Å². The number of guanidine groups is 1. The molecular weight excluding hydrogens is 322 g/mol. The number of ether oxygens (including phenoxy) is 1. The largest absolute Gasteiger partial charge is 0.508 e.